The topological polar surface area (TPSA) is 88.2 Å². The van der Waals surface area contributed by atoms with E-state index in [0.717, 1.165) is 32.8 Å². The first kappa shape index (κ1) is 20.2. The zero-order valence-corrected chi connectivity index (χ0v) is 16.2. The first-order chi connectivity index (χ1) is 13.0. The molecule has 0 saturated carbocycles. The number of nitrogens with zero attached hydrogens (tertiary/aromatic N) is 2. The van der Waals surface area contributed by atoms with Gasteiger partial charge in [0.05, 0.1) is 32.2 Å². The number of hydrogen-bond acceptors (Lipinski definition) is 6. The van der Waals surface area contributed by atoms with Crippen molar-refractivity contribution in [3.05, 3.63) is 35.4 Å². The summed E-state index contributed by atoms with van der Waals surface area (Å²) >= 11 is 0. The van der Waals surface area contributed by atoms with E-state index in [1.54, 1.807) is 24.3 Å². The Kier molecular flexibility index (Phi) is 7.20. The fourth-order valence-electron chi connectivity index (χ4n) is 3.13. The fraction of sp³-hybridized carbons (Fsp3) is 0.611. The predicted molar refractivity (Wildman–Crippen MR) is 101 cm³/mol. The summed E-state index contributed by atoms with van der Waals surface area (Å²) in [6, 6.07) is 6.76. The van der Waals surface area contributed by atoms with Gasteiger partial charge >= 0.3 is 0 Å². The molecule has 1 N–H and O–H groups in total. The molecule has 150 valence electrons. The maximum absolute atomic E-state index is 12.4. The molecule has 1 amide bonds. The third-order valence-electron chi connectivity index (χ3n) is 4.75. The standard InChI is InChI=1S/C18H27N3O5S/c22-18(19-5-6-20-7-11-25-12-8-20)17-3-1-16(2-4-17)15-27(23,24)21-9-13-26-14-10-21/h1-4H,5-15H2,(H,19,22). The van der Waals surface area contributed by atoms with E-state index >= 15 is 0 Å². The van der Waals surface area contributed by atoms with E-state index in [1.807, 2.05) is 0 Å². The molecule has 1 aromatic rings. The average molecular weight is 397 g/mol. The molecule has 8 nitrogen and oxygen atoms in total. The third-order valence-corrected chi connectivity index (χ3v) is 6.60. The molecule has 0 unspecified atom stereocenters. The molecule has 0 aromatic heterocycles. The van der Waals surface area contributed by atoms with Gasteiger partial charge in [-0.1, -0.05) is 12.1 Å². The molecule has 0 atom stereocenters. The van der Waals surface area contributed by atoms with Gasteiger partial charge in [0, 0.05) is 44.8 Å². The predicted octanol–water partition coefficient (Wildman–Crippen LogP) is -0.0894. The fourth-order valence-corrected chi connectivity index (χ4v) is 4.64. The summed E-state index contributed by atoms with van der Waals surface area (Å²) in [5, 5.41) is 2.90. The largest absolute Gasteiger partial charge is 0.379 e. The lowest BCUT2D eigenvalue weighted by molar-refractivity contribution is 0.0383. The maximum Gasteiger partial charge on any atom is 0.251 e. The van der Waals surface area contributed by atoms with Crippen LogP contribution in [0.3, 0.4) is 0 Å². The van der Waals surface area contributed by atoms with E-state index in [9.17, 15) is 13.2 Å². The second kappa shape index (κ2) is 9.61. The maximum atomic E-state index is 12.4. The quantitative estimate of drug-likeness (QED) is 0.692. The highest BCUT2D eigenvalue weighted by molar-refractivity contribution is 7.88. The number of carbonyl (C=O) groups excluding carboxylic acids is 1. The number of rotatable bonds is 7. The summed E-state index contributed by atoms with van der Waals surface area (Å²) in [5.74, 6) is -0.211. The van der Waals surface area contributed by atoms with Crippen LogP contribution < -0.4 is 5.32 Å². The number of carbonyl (C=O) groups is 1. The molecule has 0 aliphatic carbocycles. The van der Waals surface area contributed by atoms with Crippen molar-refractivity contribution in [1.29, 1.82) is 0 Å². The lowest BCUT2D eigenvalue weighted by Gasteiger charge is -2.26. The van der Waals surface area contributed by atoms with Crippen LogP contribution in [0.2, 0.25) is 0 Å². The lowest BCUT2D eigenvalue weighted by atomic mass is 10.1. The van der Waals surface area contributed by atoms with Gasteiger partial charge in [-0.15, -0.1) is 0 Å². The molecule has 3 rings (SSSR count). The highest BCUT2D eigenvalue weighted by atomic mass is 32.2. The second-order valence-electron chi connectivity index (χ2n) is 6.67. The molecule has 0 spiro atoms. The summed E-state index contributed by atoms with van der Waals surface area (Å²) in [7, 11) is -3.36. The van der Waals surface area contributed by atoms with Crippen LogP contribution in [-0.2, 0) is 25.2 Å². The number of sulfonamides is 1. The molecule has 2 heterocycles. The van der Waals surface area contributed by atoms with Crippen LogP contribution in [-0.4, -0.2) is 89.2 Å². The van der Waals surface area contributed by atoms with Crippen LogP contribution in [0.15, 0.2) is 24.3 Å². The van der Waals surface area contributed by atoms with Crippen LogP contribution in [0.1, 0.15) is 15.9 Å². The molecular formula is C18H27N3O5S. The van der Waals surface area contributed by atoms with Gasteiger partial charge in [-0.3, -0.25) is 9.69 Å². The van der Waals surface area contributed by atoms with E-state index in [0.29, 0.717) is 44.0 Å². The van der Waals surface area contributed by atoms with Crippen LogP contribution in [0, 0.1) is 0 Å². The first-order valence-electron chi connectivity index (χ1n) is 9.27. The monoisotopic (exact) mass is 397 g/mol. The summed E-state index contributed by atoms with van der Waals surface area (Å²) < 4.78 is 36.8. The van der Waals surface area contributed by atoms with Crippen molar-refractivity contribution >= 4 is 15.9 Å². The van der Waals surface area contributed by atoms with Gasteiger partial charge in [0.2, 0.25) is 10.0 Å². The number of ether oxygens (including phenoxy) is 2. The van der Waals surface area contributed by atoms with E-state index in [2.05, 4.69) is 10.2 Å². The molecule has 27 heavy (non-hydrogen) atoms. The number of amides is 1. The van der Waals surface area contributed by atoms with Crippen LogP contribution in [0.25, 0.3) is 0 Å². The van der Waals surface area contributed by atoms with Crippen molar-refractivity contribution in [2.45, 2.75) is 5.75 Å². The Balaban J connectivity index is 1.48. The number of morpholine rings is 2. The van der Waals surface area contributed by atoms with Gasteiger partial charge in [0.25, 0.3) is 5.91 Å². The van der Waals surface area contributed by atoms with E-state index in [1.165, 1.54) is 4.31 Å². The van der Waals surface area contributed by atoms with E-state index in [-0.39, 0.29) is 11.7 Å². The molecule has 0 radical (unpaired) electrons. The minimum absolute atomic E-state index is 0.0636. The van der Waals surface area contributed by atoms with Crippen molar-refractivity contribution in [3.63, 3.8) is 0 Å². The van der Waals surface area contributed by atoms with Crippen molar-refractivity contribution in [2.75, 3.05) is 65.7 Å². The van der Waals surface area contributed by atoms with Crippen molar-refractivity contribution in [1.82, 2.24) is 14.5 Å². The number of nitrogens with one attached hydrogen (secondary N) is 1. The molecular weight excluding hydrogens is 370 g/mol. The summed E-state index contributed by atoms with van der Waals surface area (Å²) in [5.41, 5.74) is 1.20. The number of benzene rings is 1. The van der Waals surface area contributed by atoms with Crippen LogP contribution >= 0.6 is 0 Å². The molecule has 1 aromatic carbocycles. The normalized spacial score (nSPS) is 19.7. The highest BCUT2D eigenvalue weighted by Crippen LogP contribution is 2.13. The lowest BCUT2D eigenvalue weighted by Crippen LogP contribution is -2.41. The Morgan fingerprint density at radius 2 is 1.56 bits per heavy atom. The van der Waals surface area contributed by atoms with E-state index in [4.69, 9.17) is 9.47 Å². The smallest absolute Gasteiger partial charge is 0.251 e. The summed E-state index contributed by atoms with van der Waals surface area (Å²) in [6.07, 6.45) is 0. The number of hydrogen-bond donors (Lipinski definition) is 1. The van der Waals surface area contributed by atoms with E-state index < -0.39 is 10.0 Å². The van der Waals surface area contributed by atoms with Gasteiger partial charge in [-0.25, -0.2) is 8.42 Å². The van der Waals surface area contributed by atoms with Gasteiger partial charge in [0.15, 0.2) is 0 Å². The average Bonchev–Trinajstić information content (AvgIpc) is 2.70. The van der Waals surface area contributed by atoms with Crippen molar-refractivity contribution in [3.8, 4) is 0 Å². The third kappa shape index (κ3) is 5.98. The molecule has 2 fully saturated rings. The SMILES string of the molecule is O=C(NCCN1CCOCC1)c1ccc(CS(=O)(=O)N2CCOCC2)cc1. The zero-order chi connectivity index (χ0) is 19.1. The minimum Gasteiger partial charge on any atom is -0.379 e. The summed E-state index contributed by atoms with van der Waals surface area (Å²) in [6.45, 7) is 6.29. The Bertz CT molecular complexity index is 711. The summed E-state index contributed by atoms with van der Waals surface area (Å²) in [4.78, 5) is 14.5. The Morgan fingerprint density at radius 3 is 2.19 bits per heavy atom. The van der Waals surface area contributed by atoms with Gasteiger partial charge in [-0.2, -0.15) is 4.31 Å². The molecule has 9 heteroatoms. The minimum atomic E-state index is -3.36. The Hall–Kier alpha value is -1.52. The Labute approximate surface area is 160 Å². The first-order valence-corrected chi connectivity index (χ1v) is 10.9. The van der Waals surface area contributed by atoms with Gasteiger partial charge < -0.3 is 14.8 Å². The van der Waals surface area contributed by atoms with Gasteiger partial charge in [0.1, 0.15) is 0 Å². The molecule has 2 aliphatic rings. The zero-order valence-electron chi connectivity index (χ0n) is 15.4. The Morgan fingerprint density at radius 1 is 0.963 bits per heavy atom. The highest BCUT2D eigenvalue weighted by Gasteiger charge is 2.24. The van der Waals surface area contributed by atoms with Crippen molar-refractivity contribution < 1.29 is 22.7 Å². The van der Waals surface area contributed by atoms with Crippen LogP contribution in [0.5, 0.6) is 0 Å². The van der Waals surface area contributed by atoms with Gasteiger partial charge in [-0.05, 0) is 17.7 Å². The van der Waals surface area contributed by atoms with Crippen LogP contribution in [0.4, 0.5) is 0 Å². The molecule has 0 bridgehead atoms. The van der Waals surface area contributed by atoms with Crippen molar-refractivity contribution in [2.24, 2.45) is 0 Å². The second-order valence-corrected chi connectivity index (χ2v) is 8.64. The molecule has 2 saturated heterocycles. The molecule has 2 aliphatic heterocycles.